The maximum absolute atomic E-state index is 12.0. The third kappa shape index (κ3) is 3.62. The molecule has 1 heterocycles. The van der Waals surface area contributed by atoms with Crippen LogP contribution in [0.25, 0.3) is 0 Å². The number of hydrogen-bond donors (Lipinski definition) is 2. The van der Waals surface area contributed by atoms with Gasteiger partial charge in [0.25, 0.3) is 10.0 Å². The molecule has 1 atom stereocenters. The van der Waals surface area contributed by atoms with Crippen LogP contribution in [-0.2, 0) is 10.0 Å². The average Bonchev–Trinajstić information content (AvgIpc) is 2.54. The van der Waals surface area contributed by atoms with Crippen LogP contribution in [0.15, 0.2) is 4.21 Å². The van der Waals surface area contributed by atoms with Crippen LogP contribution in [0.1, 0.15) is 19.5 Å². The Balaban J connectivity index is 3.00. The fourth-order valence-electron chi connectivity index (χ4n) is 1.24. The third-order valence-electron chi connectivity index (χ3n) is 2.28. The Bertz CT molecular complexity index is 484. The fourth-order valence-corrected chi connectivity index (χ4v) is 4.37. The monoisotopic (exact) mass is 298 g/mol. The SMILES string of the molecule is Cc1nc(Cl)sc1S(=O)(=O)NC(CO)C(C)C. The Morgan fingerprint density at radius 2 is 2.12 bits per heavy atom. The van der Waals surface area contributed by atoms with Crippen molar-refractivity contribution in [2.75, 3.05) is 6.61 Å². The number of halogens is 1. The summed E-state index contributed by atoms with van der Waals surface area (Å²) in [6, 6.07) is -0.514. The summed E-state index contributed by atoms with van der Waals surface area (Å²) in [5, 5.41) is 9.12. The predicted molar refractivity (Wildman–Crippen MR) is 67.9 cm³/mol. The second kappa shape index (κ2) is 5.62. The molecule has 0 saturated carbocycles. The molecule has 1 unspecified atom stereocenters. The Morgan fingerprint density at radius 1 is 1.53 bits per heavy atom. The van der Waals surface area contributed by atoms with E-state index in [4.69, 9.17) is 16.7 Å². The number of aliphatic hydroxyl groups excluding tert-OH is 1. The van der Waals surface area contributed by atoms with E-state index in [1.54, 1.807) is 6.92 Å². The zero-order valence-electron chi connectivity index (χ0n) is 9.77. The van der Waals surface area contributed by atoms with E-state index in [1.165, 1.54) is 0 Å². The van der Waals surface area contributed by atoms with Crippen molar-refractivity contribution >= 4 is 33.0 Å². The van der Waals surface area contributed by atoms with E-state index in [0.717, 1.165) is 11.3 Å². The van der Waals surface area contributed by atoms with Crippen molar-refractivity contribution < 1.29 is 13.5 Å². The number of aliphatic hydroxyl groups is 1. The van der Waals surface area contributed by atoms with Gasteiger partial charge in [-0.3, -0.25) is 0 Å². The molecule has 1 rings (SSSR count). The molecule has 0 spiro atoms. The van der Waals surface area contributed by atoms with Gasteiger partial charge in [0, 0.05) is 6.04 Å². The van der Waals surface area contributed by atoms with Crippen LogP contribution in [0.2, 0.25) is 4.47 Å². The first-order valence-electron chi connectivity index (χ1n) is 5.04. The van der Waals surface area contributed by atoms with E-state index < -0.39 is 16.1 Å². The summed E-state index contributed by atoms with van der Waals surface area (Å²) in [5.74, 6) is -0.00141. The molecular formula is C9H15ClN2O3S2. The molecule has 2 N–H and O–H groups in total. The van der Waals surface area contributed by atoms with E-state index in [0.29, 0.717) is 5.69 Å². The number of nitrogens with zero attached hydrogens (tertiary/aromatic N) is 1. The minimum atomic E-state index is -3.66. The molecule has 0 amide bonds. The molecule has 0 radical (unpaired) electrons. The lowest BCUT2D eigenvalue weighted by Gasteiger charge is -2.19. The number of rotatable bonds is 5. The molecule has 8 heteroatoms. The molecule has 0 aliphatic carbocycles. The highest BCUT2D eigenvalue weighted by Gasteiger charge is 2.26. The summed E-state index contributed by atoms with van der Waals surface area (Å²) >= 11 is 6.58. The van der Waals surface area contributed by atoms with E-state index >= 15 is 0 Å². The Kier molecular flexibility index (Phi) is 4.91. The van der Waals surface area contributed by atoms with Crippen LogP contribution >= 0.6 is 22.9 Å². The molecule has 0 saturated heterocycles. The molecule has 98 valence electrons. The second-order valence-electron chi connectivity index (χ2n) is 3.99. The molecule has 1 aromatic heterocycles. The largest absolute Gasteiger partial charge is 0.395 e. The smallest absolute Gasteiger partial charge is 0.252 e. The van der Waals surface area contributed by atoms with Crippen molar-refractivity contribution in [2.24, 2.45) is 5.92 Å². The van der Waals surface area contributed by atoms with Crippen molar-refractivity contribution in [3.63, 3.8) is 0 Å². The Hall–Kier alpha value is -0.210. The topological polar surface area (TPSA) is 79.3 Å². The quantitative estimate of drug-likeness (QED) is 0.861. The first-order valence-corrected chi connectivity index (χ1v) is 7.71. The van der Waals surface area contributed by atoms with Crippen molar-refractivity contribution in [3.8, 4) is 0 Å². The molecule has 1 aromatic rings. The van der Waals surface area contributed by atoms with E-state index in [1.807, 2.05) is 13.8 Å². The van der Waals surface area contributed by atoms with Crippen LogP contribution in [0.4, 0.5) is 0 Å². The molecule has 0 aliphatic rings. The lowest BCUT2D eigenvalue weighted by atomic mass is 10.1. The van der Waals surface area contributed by atoms with Gasteiger partial charge >= 0.3 is 0 Å². The van der Waals surface area contributed by atoms with Crippen LogP contribution in [0.5, 0.6) is 0 Å². The first-order chi connectivity index (χ1) is 7.77. The minimum absolute atomic E-state index is 0.00141. The number of sulfonamides is 1. The van der Waals surface area contributed by atoms with Gasteiger partial charge in [-0.15, -0.1) is 0 Å². The number of hydrogen-bond acceptors (Lipinski definition) is 5. The van der Waals surface area contributed by atoms with Crippen molar-refractivity contribution in [3.05, 3.63) is 10.2 Å². The number of aromatic nitrogens is 1. The maximum atomic E-state index is 12.0. The van der Waals surface area contributed by atoms with Crippen molar-refractivity contribution in [1.82, 2.24) is 9.71 Å². The normalized spacial score (nSPS) is 14.2. The summed E-state index contributed by atoms with van der Waals surface area (Å²) < 4.78 is 26.8. The minimum Gasteiger partial charge on any atom is -0.395 e. The number of aryl methyl sites for hydroxylation is 1. The molecular weight excluding hydrogens is 284 g/mol. The van der Waals surface area contributed by atoms with Gasteiger partial charge in [0.1, 0.15) is 0 Å². The van der Waals surface area contributed by atoms with Crippen molar-refractivity contribution in [2.45, 2.75) is 31.0 Å². The van der Waals surface area contributed by atoms with Gasteiger partial charge in [0.05, 0.1) is 12.3 Å². The van der Waals surface area contributed by atoms with Gasteiger partial charge in [0.15, 0.2) is 8.68 Å². The highest BCUT2D eigenvalue weighted by atomic mass is 35.5. The van der Waals surface area contributed by atoms with Crippen LogP contribution in [0.3, 0.4) is 0 Å². The predicted octanol–water partition coefficient (Wildman–Crippen LogP) is 1.40. The third-order valence-corrected chi connectivity index (χ3v) is 5.64. The van der Waals surface area contributed by atoms with E-state index in [9.17, 15) is 8.42 Å². The maximum Gasteiger partial charge on any atom is 0.252 e. The summed E-state index contributed by atoms with van der Waals surface area (Å²) in [7, 11) is -3.66. The second-order valence-corrected chi connectivity index (χ2v) is 7.48. The standard InChI is InChI=1S/C9H15ClN2O3S2/c1-5(2)7(4-13)12-17(14,15)8-6(3)11-9(10)16-8/h5,7,12-13H,4H2,1-3H3. The zero-order chi connectivity index (χ0) is 13.2. The molecule has 0 fully saturated rings. The van der Waals surface area contributed by atoms with Crippen LogP contribution in [-0.4, -0.2) is 31.2 Å². The van der Waals surface area contributed by atoms with Crippen LogP contribution in [0, 0.1) is 12.8 Å². The van der Waals surface area contributed by atoms with E-state index in [2.05, 4.69) is 9.71 Å². The van der Waals surface area contributed by atoms with Gasteiger partial charge < -0.3 is 5.11 Å². The Morgan fingerprint density at radius 3 is 2.47 bits per heavy atom. The van der Waals surface area contributed by atoms with Gasteiger partial charge in [-0.2, -0.15) is 0 Å². The van der Waals surface area contributed by atoms with Crippen molar-refractivity contribution in [1.29, 1.82) is 0 Å². The van der Waals surface area contributed by atoms with Crippen LogP contribution < -0.4 is 4.72 Å². The number of nitrogens with one attached hydrogen (secondary N) is 1. The molecule has 0 aromatic carbocycles. The molecule has 0 aliphatic heterocycles. The summed E-state index contributed by atoms with van der Waals surface area (Å²) in [4.78, 5) is 3.86. The highest BCUT2D eigenvalue weighted by molar-refractivity contribution is 7.91. The van der Waals surface area contributed by atoms with Gasteiger partial charge in [-0.1, -0.05) is 36.8 Å². The molecule has 0 bridgehead atoms. The van der Waals surface area contributed by atoms with E-state index in [-0.39, 0.29) is 21.2 Å². The molecule has 5 nitrogen and oxygen atoms in total. The van der Waals surface area contributed by atoms with Gasteiger partial charge in [0.2, 0.25) is 0 Å². The fraction of sp³-hybridized carbons (Fsp3) is 0.667. The lowest BCUT2D eigenvalue weighted by Crippen LogP contribution is -2.40. The van der Waals surface area contributed by atoms with Gasteiger partial charge in [-0.25, -0.2) is 18.1 Å². The Labute approximate surface area is 110 Å². The summed E-state index contributed by atoms with van der Waals surface area (Å²) in [6.45, 7) is 4.99. The highest BCUT2D eigenvalue weighted by Crippen LogP contribution is 2.26. The molecule has 17 heavy (non-hydrogen) atoms. The zero-order valence-corrected chi connectivity index (χ0v) is 12.2. The summed E-state index contributed by atoms with van der Waals surface area (Å²) in [5.41, 5.74) is 0.368. The summed E-state index contributed by atoms with van der Waals surface area (Å²) in [6.07, 6.45) is 0. The van der Waals surface area contributed by atoms with Gasteiger partial charge in [-0.05, 0) is 12.8 Å². The number of thiazole rings is 1. The first kappa shape index (κ1) is 14.8. The lowest BCUT2D eigenvalue weighted by molar-refractivity contribution is 0.228. The average molecular weight is 299 g/mol.